The van der Waals surface area contributed by atoms with E-state index in [0.29, 0.717) is 11.1 Å². The molecule has 0 bridgehead atoms. The smallest absolute Gasteiger partial charge is 0.480 e. The molecule has 0 aliphatic heterocycles. The minimum absolute atomic E-state index is 0.120. The highest BCUT2D eigenvalue weighted by molar-refractivity contribution is 7.08. The van der Waals surface area contributed by atoms with Gasteiger partial charge in [-0.15, -0.1) is 13.2 Å². The number of hydrogen-bond donors (Lipinski definition) is 2. The van der Waals surface area contributed by atoms with Crippen LogP contribution in [0, 0.1) is 0 Å². The maximum absolute atomic E-state index is 12.7. The van der Waals surface area contributed by atoms with Crippen LogP contribution in [-0.4, -0.2) is 29.4 Å². The number of nitrogens with one attached hydrogen (secondary N) is 1. The van der Waals surface area contributed by atoms with E-state index >= 15 is 0 Å². The van der Waals surface area contributed by atoms with Gasteiger partial charge in [0.05, 0.1) is 0 Å². The molecule has 5 nitrogen and oxygen atoms in total. The molecular weight excluding hydrogens is 491 g/mol. The number of ether oxygens (including phenoxy) is 1. The fourth-order valence-corrected chi connectivity index (χ4v) is 4.27. The first kappa shape index (κ1) is 25.0. The molecule has 4 rings (SSSR count). The van der Waals surface area contributed by atoms with Crippen molar-refractivity contribution < 1.29 is 32.6 Å². The predicted octanol–water partition coefficient (Wildman–Crippen LogP) is 6.41. The van der Waals surface area contributed by atoms with Crippen molar-refractivity contribution in [3.8, 4) is 28.0 Å². The predicted molar refractivity (Wildman–Crippen MR) is 131 cm³/mol. The first-order chi connectivity index (χ1) is 17.2. The number of amides is 1. The molecule has 9 heteroatoms. The number of rotatable bonds is 8. The van der Waals surface area contributed by atoms with Gasteiger partial charge in [0.25, 0.3) is 5.91 Å². The largest absolute Gasteiger partial charge is 0.573 e. The number of thiophene rings is 1. The molecule has 36 heavy (non-hydrogen) atoms. The lowest BCUT2D eigenvalue weighted by Gasteiger charge is -2.15. The summed E-state index contributed by atoms with van der Waals surface area (Å²) in [7, 11) is 0. The number of carbonyl (C=O) groups excluding carboxylic acids is 1. The van der Waals surface area contributed by atoms with Crippen LogP contribution in [-0.2, 0) is 11.2 Å². The van der Waals surface area contributed by atoms with Crippen LogP contribution in [0.25, 0.3) is 22.3 Å². The third-order valence-electron chi connectivity index (χ3n) is 5.42. The van der Waals surface area contributed by atoms with Crippen LogP contribution in [0.1, 0.15) is 15.9 Å². The van der Waals surface area contributed by atoms with Crippen molar-refractivity contribution in [2.45, 2.75) is 18.8 Å². The van der Waals surface area contributed by atoms with Crippen molar-refractivity contribution in [2.24, 2.45) is 0 Å². The van der Waals surface area contributed by atoms with Crippen LogP contribution in [0.15, 0.2) is 89.6 Å². The van der Waals surface area contributed by atoms with E-state index in [1.807, 2.05) is 41.1 Å². The van der Waals surface area contributed by atoms with Gasteiger partial charge >= 0.3 is 12.3 Å². The molecule has 3 aromatic carbocycles. The molecule has 1 atom stereocenters. The molecule has 0 aliphatic rings. The fraction of sp³-hybridized carbons (Fsp3) is 0.111. The fourth-order valence-electron chi connectivity index (χ4n) is 3.60. The molecule has 0 saturated heterocycles. The summed E-state index contributed by atoms with van der Waals surface area (Å²) in [5.41, 5.74) is 4.45. The van der Waals surface area contributed by atoms with Gasteiger partial charge in [0, 0.05) is 12.0 Å². The van der Waals surface area contributed by atoms with Crippen LogP contribution in [0.2, 0.25) is 0 Å². The zero-order valence-electron chi connectivity index (χ0n) is 18.7. The number of aliphatic carboxylic acids is 1. The van der Waals surface area contributed by atoms with Crippen LogP contribution < -0.4 is 10.1 Å². The Morgan fingerprint density at radius 2 is 1.39 bits per heavy atom. The number of carbonyl (C=O) groups is 2. The second kappa shape index (κ2) is 10.7. The van der Waals surface area contributed by atoms with E-state index in [1.54, 1.807) is 23.5 Å². The summed E-state index contributed by atoms with van der Waals surface area (Å²) in [5.74, 6) is -2.02. The van der Waals surface area contributed by atoms with E-state index in [-0.39, 0.29) is 17.7 Å². The summed E-state index contributed by atoms with van der Waals surface area (Å²) in [6, 6.07) is 20.1. The zero-order valence-corrected chi connectivity index (χ0v) is 19.5. The Bertz CT molecular complexity index is 1320. The molecule has 1 amide bonds. The lowest BCUT2D eigenvalue weighted by molar-refractivity contribution is -0.274. The summed E-state index contributed by atoms with van der Waals surface area (Å²) in [5, 5.41) is 16.2. The summed E-state index contributed by atoms with van der Waals surface area (Å²) in [6.07, 6.45) is -4.65. The molecule has 1 heterocycles. The van der Waals surface area contributed by atoms with Gasteiger partial charge in [-0.05, 0) is 68.9 Å². The molecule has 184 valence electrons. The Labute approximate surface area is 208 Å². The number of halogens is 3. The van der Waals surface area contributed by atoms with E-state index in [2.05, 4.69) is 10.1 Å². The second-order valence-corrected chi connectivity index (χ2v) is 8.71. The SMILES string of the molecule is O=C(N[C@@H](Cc1ccc(-c2ccsc2)cc1)C(=O)O)c1ccc(-c2ccc(OC(F)(F)F)cc2)cc1. The molecule has 0 unspecified atom stereocenters. The Hall–Kier alpha value is -4.11. The summed E-state index contributed by atoms with van der Waals surface area (Å²) in [4.78, 5) is 24.5. The Kier molecular flexibility index (Phi) is 7.40. The summed E-state index contributed by atoms with van der Waals surface area (Å²) < 4.78 is 40.8. The van der Waals surface area contributed by atoms with E-state index in [1.165, 1.54) is 36.4 Å². The zero-order chi connectivity index (χ0) is 25.7. The lowest BCUT2D eigenvalue weighted by atomic mass is 10.0. The molecule has 1 aromatic heterocycles. The number of carboxylic acid groups (broad SMARTS) is 1. The van der Waals surface area contributed by atoms with Gasteiger partial charge < -0.3 is 15.2 Å². The van der Waals surface area contributed by atoms with E-state index in [0.717, 1.165) is 16.7 Å². The van der Waals surface area contributed by atoms with Crippen molar-refractivity contribution in [1.82, 2.24) is 5.32 Å². The maximum atomic E-state index is 12.7. The van der Waals surface area contributed by atoms with Crippen LogP contribution in [0.5, 0.6) is 5.75 Å². The van der Waals surface area contributed by atoms with E-state index in [9.17, 15) is 27.9 Å². The van der Waals surface area contributed by atoms with Gasteiger partial charge in [-0.2, -0.15) is 11.3 Å². The number of carboxylic acids is 1. The van der Waals surface area contributed by atoms with Gasteiger partial charge in [0.2, 0.25) is 0 Å². The normalized spacial score (nSPS) is 12.1. The van der Waals surface area contributed by atoms with E-state index < -0.39 is 24.3 Å². The molecular formula is C27H20F3NO4S. The molecule has 0 aliphatic carbocycles. The third kappa shape index (κ3) is 6.51. The maximum Gasteiger partial charge on any atom is 0.573 e. The Morgan fingerprint density at radius 1 is 0.833 bits per heavy atom. The molecule has 2 N–H and O–H groups in total. The van der Waals surface area contributed by atoms with Crippen molar-refractivity contribution in [3.05, 3.63) is 101 Å². The highest BCUT2D eigenvalue weighted by Gasteiger charge is 2.31. The molecule has 0 saturated carbocycles. The quantitative estimate of drug-likeness (QED) is 0.287. The first-order valence-corrected chi connectivity index (χ1v) is 11.7. The molecule has 0 spiro atoms. The van der Waals surface area contributed by atoms with Gasteiger partial charge in [0.1, 0.15) is 11.8 Å². The monoisotopic (exact) mass is 511 g/mol. The van der Waals surface area contributed by atoms with Crippen LogP contribution in [0.4, 0.5) is 13.2 Å². The van der Waals surface area contributed by atoms with Gasteiger partial charge in [-0.25, -0.2) is 4.79 Å². The van der Waals surface area contributed by atoms with Gasteiger partial charge in [0.15, 0.2) is 0 Å². The Balaban J connectivity index is 1.40. The lowest BCUT2D eigenvalue weighted by Crippen LogP contribution is -2.42. The van der Waals surface area contributed by atoms with Crippen molar-refractivity contribution >= 4 is 23.2 Å². The standard InChI is InChI=1S/C27H20F3NO4S/c28-27(29,30)35-23-11-9-19(10-12-23)18-5-7-21(8-6-18)25(32)31-24(26(33)34)15-17-1-3-20(4-2-17)22-13-14-36-16-22/h1-14,16,24H,15H2,(H,31,32)(H,33,34)/t24-/m0/s1. The molecule has 0 radical (unpaired) electrons. The topological polar surface area (TPSA) is 75.6 Å². The average Bonchev–Trinajstić information content (AvgIpc) is 3.39. The van der Waals surface area contributed by atoms with Crippen molar-refractivity contribution in [3.63, 3.8) is 0 Å². The Morgan fingerprint density at radius 3 is 1.92 bits per heavy atom. The average molecular weight is 512 g/mol. The summed E-state index contributed by atoms with van der Waals surface area (Å²) >= 11 is 1.59. The molecule has 4 aromatic rings. The number of hydrogen-bond acceptors (Lipinski definition) is 4. The number of alkyl halides is 3. The minimum atomic E-state index is -4.77. The highest BCUT2D eigenvalue weighted by atomic mass is 32.1. The second-order valence-electron chi connectivity index (χ2n) is 7.93. The summed E-state index contributed by atoms with van der Waals surface area (Å²) in [6.45, 7) is 0. The highest BCUT2D eigenvalue weighted by Crippen LogP contribution is 2.27. The van der Waals surface area contributed by atoms with Gasteiger partial charge in [-0.1, -0.05) is 48.5 Å². The third-order valence-corrected chi connectivity index (χ3v) is 6.10. The minimum Gasteiger partial charge on any atom is -0.480 e. The van der Waals surface area contributed by atoms with E-state index in [4.69, 9.17) is 0 Å². The van der Waals surface area contributed by atoms with Crippen molar-refractivity contribution in [2.75, 3.05) is 0 Å². The first-order valence-electron chi connectivity index (χ1n) is 10.8. The van der Waals surface area contributed by atoms with Gasteiger partial charge in [-0.3, -0.25) is 4.79 Å². The number of benzene rings is 3. The van der Waals surface area contributed by atoms with Crippen LogP contribution >= 0.6 is 11.3 Å². The van der Waals surface area contributed by atoms with Crippen molar-refractivity contribution in [1.29, 1.82) is 0 Å². The van der Waals surface area contributed by atoms with Crippen LogP contribution in [0.3, 0.4) is 0 Å². The molecule has 0 fully saturated rings.